The summed E-state index contributed by atoms with van der Waals surface area (Å²) in [6.45, 7) is 5.60. The van der Waals surface area contributed by atoms with Crippen molar-refractivity contribution in [2.45, 2.75) is 33.2 Å². The average Bonchev–Trinajstić information content (AvgIpc) is 2.98. The van der Waals surface area contributed by atoms with E-state index >= 15 is 0 Å². The van der Waals surface area contributed by atoms with Gasteiger partial charge in [0.2, 0.25) is 5.91 Å². The van der Waals surface area contributed by atoms with E-state index in [0.717, 1.165) is 28.1 Å². The van der Waals surface area contributed by atoms with Crippen LogP contribution in [0.25, 0.3) is 0 Å². The van der Waals surface area contributed by atoms with Crippen LogP contribution >= 0.6 is 0 Å². The van der Waals surface area contributed by atoms with E-state index in [4.69, 9.17) is 4.42 Å². The van der Waals surface area contributed by atoms with Crippen LogP contribution in [0.5, 0.6) is 0 Å². The van der Waals surface area contributed by atoms with Crippen molar-refractivity contribution in [3.63, 3.8) is 0 Å². The molecule has 3 rings (SSSR count). The molecule has 0 saturated heterocycles. The van der Waals surface area contributed by atoms with Crippen molar-refractivity contribution >= 4 is 17.5 Å². The SMILES string of the molecule is Cc1cc(C)c(C(=O)NC(C)c2ccc3c(c2)CC(=O)N3C)o1. The molecule has 2 aromatic rings. The van der Waals surface area contributed by atoms with Gasteiger partial charge < -0.3 is 14.6 Å². The summed E-state index contributed by atoms with van der Waals surface area (Å²) in [6, 6.07) is 7.54. The highest BCUT2D eigenvalue weighted by Crippen LogP contribution is 2.30. The Balaban J connectivity index is 1.78. The fourth-order valence-corrected chi connectivity index (χ4v) is 2.97. The lowest BCUT2D eigenvalue weighted by Crippen LogP contribution is -2.26. The van der Waals surface area contributed by atoms with Gasteiger partial charge in [-0.3, -0.25) is 9.59 Å². The van der Waals surface area contributed by atoms with Crippen molar-refractivity contribution in [2.24, 2.45) is 0 Å². The Morgan fingerprint density at radius 2 is 2.04 bits per heavy atom. The minimum Gasteiger partial charge on any atom is -0.456 e. The summed E-state index contributed by atoms with van der Waals surface area (Å²) in [5.41, 5.74) is 3.74. The third-order valence-corrected chi connectivity index (χ3v) is 4.28. The molecule has 0 fully saturated rings. The quantitative estimate of drug-likeness (QED) is 0.948. The zero-order chi connectivity index (χ0) is 16.7. The number of carbonyl (C=O) groups excluding carboxylic acids is 2. The second-order valence-corrected chi connectivity index (χ2v) is 6.08. The number of carbonyl (C=O) groups is 2. The maximum absolute atomic E-state index is 12.3. The topological polar surface area (TPSA) is 62.6 Å². The number of amides is 2. The van der Waals surface area contributed by atoms with Crippen LogP contribution in [0.3, 0.4) is 0 Å². The van der Waals surface area contributed by atoms with Crippen LogP contribution in [0.4, 0.5) is 5.69 Å². The summed E-state index contributed by atoms with van der Waals surface area (Å²) >= 11 is 0. The van der Waals surface area contributed by atoms with Gasteiger partial charge >= 0.3 is 0 Å². The molecule has 1 aromatic heterocycles. The number of nitrogens with zero attached hydrogens (tertiary/aromatic N) is 1. The lowest BCUT2D eigenvalue weighted by atomic mass is 10.0. The van der Waals surface area contributed by atoms with Gasteiger partial charge in [0.25, 0.3) is 5.91 Å². The fraction of sp³-hybridized carbons (Fsp3) is 0.333. The van der Waals surface area contributed by atoms with Crippen LogP contribution in [-0.2, 0) is 11.2 Å². The van der Waals surface area contributed by atoms with Gasteiger partial charge in [-0.25, -0.2) is 0 Å². The van der Waals surface area contributed by atoms with Crippen LogP contribution in [-0.4, -0.2) is 18.9 Å². The summed E-state index contributed by atoms with van der Waals surface area (Å²) in [7, 11) is 1.78. The molecule has 1 aliphatic rings. The van der Waals surface area contributed by atoms with Crippen molar-refractivity contribution < 1.29 is 14.0 Å². The molecule has 2 amide bonds. The first-order valence-corrected chi connectivity index (χ1v) is 7.64. The fourth-order valence-electron chi connectivity index (χ4n) is 2.97. The highest BCUT2D eigenvalue weighted by atomic mass is 16.3. The van der Waals surface area contributed by atoms with Gasteiger partial charge in [0.15, 0.2) is 5.76 Å². The van der Waals surface area contributed by atoms with Crippen LogP contribution in [0.15, 0.2) is 28.7 Å². The van der Waals surface area contributed by atoms with Gasteiger partial charge in [-0.15, -0.1) is 0 Å². The van der Waals surface area contributed by atoms with Gasteiger partial charge in [0.1, 0.15) is 5.76 Å². The van der Waals surface area contributed by atoms with Gasteiger partial charge in [-0.05, 0) is 44.0 Å². The Morgan fingerprint density at radius 3 is 2.70 bits per heavy atom. The maximum atomic E-state index is 12.3. The first-order valence-electron chi connectivity index (χ1n) is 7.64. The van der Waals surface area contributed by atoms with E-state index in [-0.39, 0.29) is 17.9 Å². The predicted octanol–water partition coefficient (Wildman–Crippen LogP) is 2.91. The van der Waals surface area contributed by atoms with E-state index in [1.165, 1.54) is 0 Å². The third-order valence-electron chi connectivity index (χ3n) is 4.28. The number of fused-ring (bicyclic) bond motifs is 1. The molecule has 0 bridgehead atoms. The maximum Gasteiger partial charge on any atom is 0.287 e. The Bertz CT molecular complexity index is 792. The number of anilines is 1. The molecule has 1 atom stereocenters. The number of aryl methyl sites for hydroxylation is 2. The van der Waals surface area contributed by atoms with Crippen LogP contribution in [0.2, 0.25) is 0 Å². The van der Waals surface area contributed by atoms with E-state index < -0.39 is 0 Å². The lowest BCUT2D eigenvalue weighted by Gasteiger charge is -2.16. The standard InChI is InChI=1S/C18H20N2O3/c1-10-7-11(2)23-17(10)18(22)19-12(3)13-5-6-15-14(8-13)9-16(21)20(15)4/h5-8,12H,9H2,1-4H3,(H,19,22). The number of likely N-dealkylation sites (N-methyl/N-ethyl adjacent to an activating group) is 1. The zero-order valence-electron chi connectivity index (χ0n) is 13.8. The Kier molecular flexibility index (Phi) is 3.72. The Hall–Kier alpha value is -2.56. The summed E-state index contributed by atoms with van der Waals surface area (Å²) in [5, 5.41) is 2.95. The minimum atomic E-state index is -0.225. The number of hydrogen-bond acceptors (Lipinski definition) is 3. The number of rotatable bonds is 3. The van der Waals surface area contributed by atoms with Crippen molar-refractivity contribution in [2.75, 3.05) is 11.9 Å². The first-order chi connectivity index (χ1) is 10.9. The molecular formula is C18H20N2O3. The minimum absolute atomic E-state index is 0.0931. The number of furan rings is 1. The first kappa shape index (κ1) is 15.3. The number of hydrogen-bond donors (Lipinski definition) is 1. The van der Waals surface area contributed by atoms with E-state index in [0.29, 0.717) is 12.2 Å². The van der Waals surface area contributed by atoms with E-state index in [9.17, 15) is 9.59 Å². The highest BCUT2D eigenvalue weighted by Gasteiger charge is 2.25. The van der Waals surface area contributed by atoms with Crippen molar-refractivity contribution in [3.05, 3.63) is 52.5 Å². The van der Waals surface area contributed by atoms with Gasteiger partial charge in [0, 0.05) is 18.3 Å². The molecule has 1 N–H and O–H groups in total. The largest absolute Gasteiger partial charge is 0.456 e. The van der Waals surface area contributed by atoms with Crippen LogP contribution < -0.4 is 10.2 Å². The van der Waals surface area contributed by atoms with Gasteiger partial charge in [-0.2, -0.15) is 0 Å². The molecule has 23 heavy (non-hydrogen) atoms. The summed E-state index contributed by atoms with van der Waals surface area (Å²) in [5.74, 6) is 0.942. The van der Waals surface area contributed by atoms with Crippen LogP contribution in [0.1, 0.15) is 46.0 Å². The second-order valence-electron chi connectivity index (χ2n) is 6.08. The number of nitrogens with one attached hydrogen (secondary N) is 1. The normalized spacial score (nSPS) is 14.8. The molecule has 2 heterocycles. The van der Waals surface area contributed by atoms with Crippen LogP contribution in [0, 0.1) is 13.8 Å². The average molecular weight is 312 g/mol. The van der Waals surface area contributed by atoms with E-state index in [1.807, 2.05) is 45.0 Å². The lowest BCUT2D eigenvalue weighted by molar-refractivity contribution is -0.117. The van der Waals surface area contributed by atoms with Crippen molar-refractivity contribution in [3.8, 4) is 0 Å². The molecule has 1 aliphatic heterocycles. The molecule has 0 saturated carbocycles. The molecule has 1 aromatic carbocycles. The molecule has 120 valence electrons. The van der Waals surface area contributed by atoms with E-state index in [2.05, 4.69) is 5.32 Å². The Labute approximate surface area is 135 Å². The molecule has 5 heteroatoms. The smallest absolute Gasteiger partial charge is 0.287 e. The molecule has 5 nitrogen and oxygen atoms in total. The number of benzene rings is 1. The molecule has 0 aliphatic carbocycles. The molecule has 1 unspecified atom stereocenters. The highest BCUT2D eigenvalue weighted by molar-refractivity contribution is 6.01. The van der Waals surface area contributed by atoms with Crippen molar-refractivity contribution in [1.29, 1.82) is 0 Å². The molecular weight excluding hydrogens is 292 g/mol. The summed E-state index contributed by atoms with van der Waals surface area (Å²) < 4.78 is 5.45. The summed E-state index contributed by atoms with van der Waals surface area (Å²) in [6.07, 6.45) is 0.414. The molecule has 0 radical (unpaired) electrons. The third kappa shape index (κ3) is 2.74. The Morgan fingerprint density at radius 1 is 1.30 bits per heavy atom. The molecule has 0 spiro atoms. The second kappa shape index (κ2) is 5.57. The summed E-state index contributed by atoms with van der Waals surface area (Å²) in [4.78, 5) is 25.8. The zero-order valence-corrected chi connectivity index (χ0v) is 13.8. The monoisotopic (exact) mass is 312 g/mol. The van der Waals surface area contributed by atoms with Gasteiger partial charge in [-0.1, -0.05) is 12.1 Å². The van der Waals surface area contributed by atoms with Gasteiger partial charge in [0.05, 0.1) is 12.5 Å². The van der Waals surface area contributed by atoms with E-state index in [1.54, 1.807) is 11.9 Å². The van der Waals surface area contributed by atoms with Crippen molar-refractivity contribution in [1.82, 2.24) is 5.32 Å². The predicted molar refractivity (Wildman–Crippen MR) is 87.6 cm³/mol.